The summed E-state index contributed by atoms with van der Waals surface area (Å²) in [5.74, 6) is -0.491. The molecule has 1 aliphatic heterocycles. The lowest BCUT2D eigenvalue weighted by Gasteiger charge is -2.35. The molecule has 31 heavy (non-hydrogen) atoms. The van der Waals surface area contributed by atoms with Gasteiger partial charge in [0.25, 0.3) is 0 Å². The summed E-state index contributed by atoms with van der Waals surface area (Å²) in [6.07, 6.45) is 6.80. The van der Waals surface area contributed by atoms with Crippen molar-refractivity contribution in [2.24, 2.45) is 11.3 Å². The fourth-order valence-electron chi connectivity index (χ4n) is 4.76. The summed E-state index contributed by atoms with van der Waals surface area (Å²) in [7, 11) is 0. The average Bonchev–Trinajstić information content (AvgIpc) is 3.08. The summed E-state index contributed by atoms with van der Waals surface area (Å²) in [5, 5.41) is 15.4. The third-order valence-corrected chi connectivity index (χ3v) is 6.86. The maximum atomic E-state index is 13.5. The van der Waals surface area contributed by atoms with Crippen LogP contribution in [0.25, 0.3) is 0 Å². The molecule has 174 valence electrons. The molecule has 8 heteroatoms. The molecule has 0 aromatic rings. The van der Waals surface area contributed by atoms with Gasteiger partial charge < -0.3 is 25.4 Å². The van der Waals surface area contributed by atoms with Crippen molar-refractivity contribution >= 4 is 17.9 Å². The van der Waals surface area contributed by atoms with Gasteiger partial charge in [-0.05, 0) is 50.4 Å². The zero-order chi connectivity index (χ0) is 22.8. The second kappa shape index (κ2) is 9.18. The van der Waals surface area contributed by atoms with Crippen LogP contribution in [0.1, 0.15) is 65.7 Å². The van der Waals surface area contributed by atoms with Crippen LogP contribution in [0, 0.1) is 11.3 Å². The number of nitrogens with one attached hydrogen (secondary N) is 2. The van der Waals surface area contributed by atoms with Crippen molar-refractivity contribution in [1.82, 2.24) is 15.5 Å². The van der Waals surface area contributed by atoms with Crippen LogP contribution in [0.15, 0.2) is 12.7 Å². The van der Waals surface area contributed by atoms with Gasteiger partial charge >= 0.3 is 6.09 Å². The zero-order valence-electron chi connectivity index (χ0n) is 19.0. The number of aliphatic hydroxyl groups excluding tert-OH is 1. The van der Waals surface area contributed by atoms with Gasteiger partial charge in [0.05, 0.1) is 12.1 Å². The summed E-state index contributed by atoms with van der Waals surface area (Å²) in [6, 6.07) is -1.41. The molecule has 0 bridgehead atoms. The van der Waals surface area contributed by atoms with Crippen molar-refractivity contribution in [2.45, 2.75) is 89.4 Å². The highest BCUT2D eigenvalue weighted by molar-refractivity contribution is 5.92. The first-order chi connectivity index (χ1) is 14.6. The third kappa shape index (κ3) is 5.22. The van der Waals surface area contributed by atoms with Crippen LogP contribution in [0.5, 0.6) is 0 Å². The summed E-state index contributed by atoms with van der Waals surface area (Å²) >= 11 is 0. The molecule has 2 aliphatic carbocycles. The molecule has 3 aliphatic rings. The lowest BCUT2D eigenvalue weighted by Crippen LogP contribution is -2.59. The fraction of sp³-hybridized carbons (Fsp3) is 0.783. The van der Waals surface area contributed by atoms with Crippen molar-refractivity contribution < 1.29 is 24.2 Å². The summed E-state index contributed by atoms with van der Waals surface area (Å²) in [5.41, 5.74) is -1.21. The fourth-order valence-corrected chi connectivity index (χ4v) is 4.76. The monoisotopic (exact) mass is 435 g/mol. The van der Waals surface area contributed by atoms with Crippen LogP contribution in [0.4, 0.5) is 4.79 Å². The quantitative estimate of drug-likeness (QED) is 0.531. The number of hydrogen-bond acceptors (Lipinski definition) is 5. The van der Waals surface area contributed by atoms with Crippen LogP contribution in [-0.2, 0) is 14.3 Å². The number of hydrogen-bond donors (Lipinski definition) is 3. The van der Waals surface area contributed by atoms with Crippen LogP contribution < -0.4 is 10.6 Å². The van der Waals surface area contributed by atoms with Gasteiger partial charge in [0.2, 0.25) is 11.8 Å². The molecule has 1 heterocycles. The Bertz CT molecular complexity index is 712. The molecule has 3 amide bonds. The number of likely N-dealkylation sites (tertiary alicyclic amines) is 1. The molecule has 0 aromatic carbocycles. The molecule has 0 radical (unpaired) electrons. The predicted molar refractivity (Wildman–Crippen MR) is 116 cm³/mol. The molecule has 0 aromatic heterocycles. The lowest BCUT2D eigenvalue weighted by molar-refractivity contribution is -0.142. The number of nitrogens with zero attached hydrogens (tertiary/aromatic N) is 1. The van der Waals surface area contributed by atoms with Crippen LogP contribution in [0.2, 0.25) is 0 Å². The van der Waals surface area contributed by atoms with Gasteiger partial charge in [-0.15, -0.1) is 6.58 Å². The molecule has 3 fully saturated rings. The molecular formula is C23H37N3O5. The maximum absolute atomic E-state index is 13.5. The Morgan fingerprint density at radius 1 is 1.23 bits per heavy atom. The van der Waals surface area contributed by atoms with E-state index in [-0.39, 0.29) is 30.4 Å². The first-order valence-corrected chi connectivity index (χ1v) is 11.4. The van der Waals surface area contributed by atoms with Gasteiger partial charge in [-0.1, -0.05) is 26.8 Å². The van der Waals surface area contributed by atoms with Gasteiger partial charge in [-0.3, -0.25) is 9.59 Å². The summed E-state index contributed by atoms with van der Waals surface area (Å²) in [4.78, 5) is 40.5. The van der Waals surface area contributed by atoms with E-state index in [2.05, 4.69) is 17.2 Å². The van der Waals surface area contributed by atoms with E-state index in [1.807, 2.05) is 20.8 Å². The number of alkyl carbamates (subject to hydrolysis) is 1. The number of ether oxygens (including phenoxy) is 1. The number of carbonyl (C=O) groups excluding carboxylic acids is 3. The van der Waals surface area contributed by atoms with E-state index in [0.717, 1.165) is 25.7 Å². The normalized spacial score (nSPS) is 29.4. The van der Waals surface area contributed by atoms with Crippen molar-refractivity contribution in [3.63, 3.8) is 0 Å². The molecular weight excluding hydrogens is 398 g/mol. The van der Waals surface area contributed by atoms with Crippen molar-refractivity contribution in [1.29, 1.82) is 0 Å². The van der Waals surface area contributed by atoms with Crippen molar-refractivity contribution in [3.05, 3.63) is 12.7 Å². The molecule has 0 spiro atoms. The Balaban J connectivity index is 1.67. The average molecular weight is 436 g/mol. The van der Waals surface area contributed by atoms with Crippen molar-refractivity contribution in [3.8, 4) is 0 Å². The third-order valence-electron chi connectivity index (χ3n) is 6.86. The van der Waals surface area contributed by atoms with Gasteiger partial charge in [-0.2, -0.15) is 0 Å². The highest BCUT2D eigenvalue weighted by Crippen LogP contribution is 2.44. The van der Waals surface area contributed by atoms with E-state index in [9.17, 15) is 19.5 Å². The topological polar surface area (TPSA) is 108 Å². The number of amides is 3. The van der Waals surface area contributed by atoms with Crippen LogP contribution in [0.3, 0.4) is 0 Å². The number of carbonyl (C=O) groups is 3. The Morgan fingerprint density at radius 3 is 2.45 bits per heavy atom. The Kier molecular flexibility index (Phi) is 6.98. The van der Waals surface area contributed by atoms with E-state index in [0.29, 0.717) is 25.8 Å². The standard InChI is InChI=1S/C23H37N3O5/c1-5-15-13-23(15,14-27)25-19(28)17-11-8-12-26(17)20(29)18(22(2,3)4)24-21(30)31-16-9-6-7-10-16/h5,15-18,27H,1,6-14H2,2-4H3,(H,24,30)(H,25,28)/t15-,17?,18-,23+/m1/s1. The molecule has 3 rings (SSSR count). The SMILES string of the molecule is C=C[C@@H]1C[C@@]1(CO)NC(=O)C1CCCN1C(=O)[C@@H](NC(=O)OC1CCCC1)C(C)(C)C. The minimum Gasteiger partial charge on any atom is -0.446 e. The Labute approximate surface area is 184 Å². The first kappa shape index (κ1) is 23.6. The molecule has 8 nitrogen and oxygen atoms in total. The maximum Gasteiger partial charge on any atom is 0.408 e. The second-order valence-electron chi connectivity index (χ2n) is 10.3. The Hall–Kier alpha value is -2.09. The minimum atomic E-state index is -0.802. The molecule has 1 unspecified atom stereocenters. The van der Waals surface area contributed by atoms with E-state index >= 15 is 0 Å². The van der Waals surface area contributed by atoms with Gasteiger partial charge in [-0.25, -0.2) is 4.79 Å². The lowest BCUT2D eigenvalue weighted by atomic mass is 9.85. The zero-order valence-corrected chi connectivity index (χ0v) is 19.0. The molecule has 3 N–H and O–H groups in total. The highest BCUT2D eigenvalue weighted by atomic mass is 16.6. The van der Waals surface area contributed by atoms with Gasteiger partial charge in [0.15, 0.2) is 0 Å². The van der Waals surface area contributed by atoms with Crippen molar-refractivity contribution in [2.75, 3.05) is 13.2 Å². The largest absolute Gasteiger partial charge is 0.446 e. The highest BCUT2D eigenvalue weighted by Gasteiger charge is 2.54. The smallest absolute Gasteiger partial charge is 0.408 e. The van der Waals surface area contributed by atoms with E-state index in [4.69, 9.17) is 4.74 Å². The van der Waals surface area contributed by atoms with Gasteiger partial charge in [0, 0.05) is 12.5 Å². The second-order valence-corrected chi connectivity index (χ2v) is 10.3. The van der Waals surface area contributed by atoms with E-state index in [1.165, 1.54) is 0 Å². The van der Waals surface area contributed by atoms with Gasteiger partial charge in [0.1, 0.15) is 18.2 Å². The molecule has 2 saturated carbocycles. The Morgan fingerprint density at radius 2 is 1.90 bits per heavy atom. The predicted octanol–water partition coefficient (Wildman–Crippen LogP) is 2.11. The van der Waals surface area contributed by atoms with E-state index < -0.39 is 29.1 Å². The number of aliphatic hydroxyl groups is 1. The summed E-state index contributed by atoms with van der Waals surface area (Å²) in [6.45, 7) is 9.71. The molecule has 4 atom stereocenters. The first-order valence-electron chi connectivity index (χ1n) is 11.4. The molecule has 1 saturated heterocycles. The minimum absolute atomic E-state index is 0.0429. The van der Waals surface area contributed by atoms with Crippen LogP contribution in [-0.4, -0.2) is 64.8 Å². The van der Waals surface area contributed by atoms with E-state index in [1.54, 1.807) is 11.0 Å². The number of rotatable bonds is 7. The van der Waals surface area contributed by atoms with Crippen LogP contribution >= 0.6 is 0 Å². The summed E-state index contributed by atoms with van der Waals surface area (Å²) < 4.78 is 5.50.